The van der Waals surface area contributed by atoms with Crippen LogP contribution in [0.1, 0.15) is 49.6 Å². The molecule has 37 heavy (non-hydrogen) atoms. The number of rotatable bonds is 3. The van der Waals surface area contributed by atoms with Gasteiger partial charge in [0.25, 0.3) is 0 Å². The van der Waals surface area contributed by atoms with Gasteiger partial charge in [0.15, 0.2) is 11.6 Å². The number of anilines is 1. The molecule has 1 N–H and O–H groups in total. The molecule has 9 heteroatoms. The van der Waals surface area contributed by atoms with Crippen LogP contribution >= 0.6 is 0 Å². The van der Waals surface area contributed by atoms with E-state index in [-0.39, 0.29) is 5.91 Å². The van der Waals surface area contributed by atoms with Crippen molar-refractivity contribution in [2.24, 2.45) is 0 Å². The molecule has 1 amide bonds. The Bertz CT molecular complexity index is 1390. The van der Waals surface area contributed by atoms with Crippen molar-refractivity contribution in [1.29, 1.82) is 0 Å². The van der Waals surface area contributed by atoms with Crippen LogP contribution in [-0.4, -0.2) is 40.2 Å². The Balaban J connectivity index is 0.000000164. The number of nitrogens with one attached hydrogen (secondary N) is 1. The Morgan fingerprint density at radius 2 is 1.84 bits per heavy atom. The number of benzene rings is 2. The Labute approximate surface area is 214 Å². The molecule has 0 aliphatic carbocycles. The molecule has 4 heterocycles. The number of carbonyl (C=O) groups is 1. The fraction of sp³-hybridized carbons (Fsp3) is 0.393. The minimum atomic E-state index is -0.911. The van der Waals surface area contributed by atoms with Crippen molar-refractivity contribution in [1.82, 2.24) is 20.0 Å². The second-order valence-corrected chi connectivity index (χ2v) is 9.64. The molecule has 0 spiro atoms. The Morgan fingerprint density at radius 3 is 2.54 bits per heavy atom. The van der Waals surface area contributed by atoms with Crippen molar-refractivity contribution in [3.8, 4) is 11.1 Å². The van der Waals surface area contributed by atoms with Crippen molar-refractivity contribution in [3.63, 3.8) is 0 Å². The van der Waals surface area contributed by atoms with Gasteiger partial charge in [-0.25, -0.2) is 13.8 Å². The van der Waals surface area contributed by atoms with Gasteiger partial charge in [-0.3, -0.25) is 4.79 Å². The molecule has 0 saturated carbocycles. The minimum absolute atomic E-state index is 0.0211. The fourth-order valence-electron chi connectivity index (χ4n) is 5.19. The highest BCUT2D eigenvalue weighted by Gasteiger charge is 2.21. The topological polar surface area (TPSA) is 76.2 Å². The molecule has 2 fully saturated rings. The smallest absolute Gasteiger partial charge is 0.226 e. The second kappa shape index (κ2) is 10.8. The second-order valence-electron chi connectivity index (χ2n) is 9.64. The molecule has 2 saturated heterocycles. The third kappa shape index (κ3) is 5.27. The molecule has 2 aromatic carbocycles. The van der Waals surface area contributed by atoms with Crippen molar-refractivity contribution >= 4 is 22.6 Å². The molecule has 0 radical (unpaired) electrons. The first kappa shape index (κ1) is 25.1. The lowest BCUT2D eigenvalue weighted by Gasteiger charge is -2.26. The molecule has 0 atom stereocenters. The lowest BCUT2D eigenvalue weighted by molar-refractivity contribution is -0.119. The third-order valence-corrected chi connectivity index (χ3v) is 7.14. The summed E-state index contributed by atoms with van der Waals surface area (Å²) in [6, 6.07) is 10.6. The van der Waals surface area contributed by atoms with Gasteiger partial charge in [0.2, 0.25) is 5.91 Å². The molecule has 2 aliphatic rings. The number of hydrogen-bond acceptors (Lipinski definition) is 5. The van der Waals surface area contributed by atoms with Crippen LogP contribution in [-0.2, 0) is 4.79 Å². The fourth-order valence-corrected chi connectivity index (χ4v) is 5.19. The molecule has 6 rings (SSSR count). The van der Waals surface area contributed by atoms with Crippen LogP contribution in [0.2, 0.25) is 0 Å². The predicted molar refractivity (Wildman–Crippen MR) is 138 cm³/mol. The summed E-state index contributed by atoms with van der Waals surface area (Å²) in [4.78, 5) is 17.6. The number of aromatic nitrogens is 3. The highest BCUT2D eigenvalue weighted by molar-refractivity contribution is 5.93. The van der Waals surface area contributed by atoms with E-state index in [0.717, 1.165) is 79.0 Å². The quantitative estimate of drug-likeness (QED) is 0.384. The summed E-state index contributed by atoms with van der Waals surface area (Å²) in [6.45, 7) is 6.68. The summed E-state index contributed by atoms with van der Waals surface area (Å²) in [5.74, 6) is -0.962. The van der Waals surface area contributed by atoms with Crippen LogP contribution < -0.4 is 10.2 Å². The van der Waals surface area contributed by atoms with Gasteiger partial charge in [-0.05, 0) is 82.4 Å². The zero-order chi connectivity index (χ0) is 25.9. The van der Waals surface area contributed by atoms with Crippen molar-refractivity contribution in [3.05, 3.63) is 65.8 Å². The number of aryl methyl sites for hydroxylation is 2. The Kier molecular flexibility index (Phi) is 7.32. The van der Waals surface area contributed by atoms with E-state index in [1.165, 1.54) is 16.5 Å². The standard InChI is InChI=1S/C17H20N4O.C11H11F2NO/c1-11-17(12(2)22-20-11)13-3-4-16-15(9-13)19-10-21(16)14-5-7-18-8-6-14;12-9-5-4-8(7-10(9)13)14-6-2-1-3-11(14)15/h3-4,9-10,14,18H,5-8H2,1-2H3;4-5,7H,1-3,6H2. The summed E-state index contributed by atoms with van der Waals surface area (Å²) in [7, 11) is 0. The largest absolute Gasteiger partial charge is 0.361 e. The first-order valence-corrected chi connectivity index (χ1v) is 12.8. The van der Waals surface area contributed by atoms with E-state index in [9.17, 15) is 13.6 Å². The number of amides is 1. The van der Waals surface area contributed by atoms with Crippen LogP contribution in [0.3, 0.4) is 0 Å². The molecule has 2 aromatic heterocycles. The average molecular weight is 508 g/mol. The van der Waals surface area contributed by atoms with Gasteiger partial charge in [-0.2, -0.15) is 0 Å². The SMILES string of the molecule is Cc1noc(C)c1-c1ccc2c(c1)ncn2C1CCNCC1.O=C1CCCCN1c1ccc(F)c(F)c1. The molecule has 7 nitrogen and oxygen atoms in total. The van der Waals surface area contributed by atoms with Crippen LogP contribution in [0.4, 0.5) is 14.5 Å². The van der Waals surface area contributed by atoms with Gasteiger partial charge in [0.1, 0.15) is 5.76 Å². The molecule has 2 aliphatic heterocycles. The van der Waals surface area contributed by atoms with E-state index in [0.29, 0.717) is 24.7 Å². The number of fused-ring (bicyclic) bond motifs is 1. The molecule has 194 valence electrons. The van der Waals surface area contributed by atoms with E-state index in [4.69, 9.17) is 4.52 Å². The predicted octanol–water partition coefficient (Wildman–Crippen LogP) is 5.71. The highest BCUT2D eigenvalue weighted by atomic mass is 19.2. The van der Waals surface area contributed by atoms with Crippen molar-refractivity contribution in [2.45, 2.75) is 52.0 Å². The summed E-state index contributed by atoms with van der Waals surface area (Å²) < 4.78 is 33.2. The monoisotopic (exact) mass is 507 g/mol. The lowest BCUT2D eigenvalue weighted by atomic mass is 10.0. The molecule has 0 unspecified atom stereocenters. The first-order valence-electron chi connectivity index (χ1n) is 12.8. The molecule has 0 bridgehead atoms. The van der Waals surface area contributed by atoms with Gasteiger partial charge in [-0.15, -0.1) is 0 Å². The Hall–Kier alpha value is -3.59. The van der Waals surface area contributed by atoms with E-state index >= 15 is 0 Å². The highest BCUT2D eigenvalue weighted by Crippen LogP contribution is 2.31. The average Bonchev–Trinajstić information content (AvgIpc) is 3.49. The first-order chi connectivity index (χ1) is 17.9. The Morgan fingerprint density at radius 1 is 1.03 bits per heavy atom. The van der Waals surface area contributed by atoms with Crippen molar-refractivity contribution in [2.75, 3.05) is 24.5 Å². The zero-order valence-corrected chi connectivity index (χ0v) is 21.1. The number of carbonyl (C=O) groups excluding carboxylic acids is 1. The zero-order valence-electron chi connectivity index (χ0n) is 21.1. The molecular weight excluding hydrogens is 476 g/mol. The maximum Gasteiger partial charge on any atom is 0.226 e. The van der Waals surface area contributed by atoms with Gasteiger partial charge < -0.3 is 19.3 Å². The minimum Gasteiger partial charge on any atom is -0.361 e. The van der Waals surface area contributed by atoms with Crippen LogP contribution in [0, 0.1) is 25.5 Å². The number of piperidine rings is 2. The van der Waals surface area contributed by atoms with Crippen molar-refractivity contribution < 1.29 is 18.1 Å². The van der Waals surface area contributed by atoms with Gasteiger partial charge in [0, 0.05) is 36.3 Å². The van der Waals surface area contributed by atoms with Crippen LogP contribution in [0.5, 0.6) is 0 Å². The van der Waals surface area contributed by atoms with E-state index < -0.39 is 11.6 Å². The van der Waals surface area contributed by atoms with E-state index in [2.05, 4.69) is 38.2 Å². The van der Waals surface area contributed by atoms with E-state index in [1.54, 1.807) is 0 Å². The number of nitrogens with zero attached hydrogens (tertiary/aromatic N) is 4. The third-order valence-electron chi connectivity index (χ3n) is 7.14. The maximum atomic E-state index is 12.9. The maximum absolute atomic E-state index is 12.9. The van der Waals surface area contributed by atoms with Crippen LogP contribution in [0.25, 0.3) is 22.2 Å². The molecule has 4 aromatic rings. The van der Waals surface area contributed by atoms with Crippen LogP contribution in [0.15, 0.2) is 47.2 Å². The molecular formula is C28H31F2N5O2. The summed E-state index contributed by atoms with van der Waals surface area (Å²) in [6.07, 6.45) is 6.58. The van der Waals surface area contributed by atoms with E-state index in [1.807, 2.05) is 20.2 Å². The number of halogens is 2. The van der Waals surface area contributed by atoms with Gasteiger partial charge >= 0.3 is 0 Å². The summed E-state index contributed by atoms with van der Waals surface area (Å²) in [5.41, 5.74) is 5.82. The number of hydrogen-bond donors (Lipinski definition) is 1. The summed E-state index contributed by atoms with van der Waals surface area (Å²) >= 11 is 0. The lowest BCUT2D eigenvalue weighted by Crippen LogP contribution is -2.35. The normalized spacial score (nSPS) is 16.6. The number of imidazole rings is 1. The summed E-state index contributed by atoms with van der Waals surface area (Å²) in [5, 5.41) is 7.46. The van der Waals surface area contributed by atoms with Gasteiger partial charge in [0.05, 0.1) is 23.1 Å². The van der Waals surface area contributed by atoms with Gasteiger partial charge in [-0.1, -0.05) is 11.2 Å².